The van der Waals surface area contributed by atoms with Crippen LogP contribution in [0, 0.1) is 25.5 Å². The molecule has 0 bridgehead atoms. The molecular weight excluding hydrogens is 306 g/mol. The fourth-order valence-electron chi connectivity index (χ4n) is 1.67. The van der Waals surface area contributed by atoms with Crippen molar-refractivity contribution < 1.29 is 8.78 Å². The smallest absolute Gasteiger partial charge is 0.130 e. The molecule has 1 atom stereocenters. The molecule has 90 valence electrons. The van der Waals surface area contributed by atoms with E-state index >= 15 is 0 Å². The molecule has 1 heterocycles. The fourth-order valence-corrected chi connectivity index (χ4v) is 3.57. The van der Waals surface area contributed by atoms with Crippen LogP contribution in [0.5, 0.6) is 0 Å². The number of aryl methyl sites for hydroxylation is 2. The van der Waals surface area contributed by atoms with Crippen LogP contribution in [0.1, 0.15) is 27.1 Å². The zero-order chi connectivity index (χ0) is 12.6. The van der Waals surface area contributed by atoms with Crippen molar-refractivity contribution >= 4 is 27.3 Å². The minimum absolute atomic E-state index is 0.229. The van der Waals surface area contributed by atoms with Crippen LogP contribution in [0.2, 0.25) is 0 Å². The Morgan fingerprint density at radius 2 is 1.71 bits per heavy atom. The summed E-state index contributed by atoms with van der Waals surface area (Å²) in [5.74, 6) is -1.02. The van der Waals surface area contributed by atoms with Crippen LogP contribution >= 0.6 is 27.3 Å². The van der Waals surface area contributed by atoms with E-state index in [1.54, 1.807) is 24.3 Å². The maximum absolute atomic E-state index is 13.7. The van der Waals surface area contributed by atoms with Crippen molar-refractivity contribution in [3.63, 3.8) is 0 Å². The van der Waals surface area contributed by atoms with Gasteiger partial charge >= 0.3 is 0 Å². The Kier molecular flexibility index (Phi) is 3.64. The van der Waals surface area contributed by atoms with Crippen LogP contribution < -0.4 is 0 Å². The lowest BCUT2D eigenvalue weighted by atomic mass is 10.0. The van der Waals surface area contributed by atoms with Crippen molar-refractivity contribution in [3.8, 4) is 0 Å². The van der Waals surface area contributed by atoms with E-state index in [4.69, 9.17) is 0 Å². The van der Waals surface area contributed by atoms with Crippen molar-refractivity contribution in [1.82, 2.24) is 0 Å². The predicted octanol–water partition coefficient (Wildman–Crippen LogP) is 5.13. The molecule has 0 amide bonds. The van der Waals surface area contributed by atoms with Crippen LogP contribution in [0.4, 0.5) is 8.78 Å². The zero-order valence-corrected chi connectivity index (χ0v) is 11.8. The number of benzene rings is 1. The highest BCUT2D eigenvalue weighted by atomic mass is 79.9. The predicted molar refractivity (Wildman–Crippen MR) is 70.9 cm³/mol. The molecular formula is C13H11BrF2S. The molecule has 0 aliphatic rings. The van der Waals surface area contributed by atoms with Crippen LogP contribution in [0.15, 0.2) is 22.9 Å². The minimum atomic E-state index is -0.513. The molecule has 0 saturated heterocycles. The van der Waals surface area contributed by atoms with Gasteiger partial charge in [0.15, 0.2) is 0 Å². The molecule has 0 saturated carbocycles. The molecule has 0 aliphatic carbocycles. The lowest BCUT2D eigenvalue weighted by molar-refractivity contribution is 0.569. The second-order valence-corrected chi connectivity index (χ2v) is 5.65. The molecule has 0 aliphatic heterocycles. The second-order valence-electron chi connectivity index (χ2n) is 4.00. The third-order valence-electron chi connectivity index (χ3n) is 2.72. The highest BCUT2D eigenvalue weighted by molar-refractivity contribution is 9.09. The molecule has 0 radical (unpaired) electrons. The molecule has 0 nitrogen and oxygen atoms in total. The third-order valence-corrected chi connectivity index (χ3v) is 4.59. The summed E-state index contributed by atoms with van der Waals surface area (Å²) < 4.78 is 26.9. The lowest BCUT2D eigenvalue weighted by Crippen LogP contribution is -1.99. The molecule has 2 rings (SSSR count). The van der Waals surface area contributed by atoms with Crippen LogP contribution in [-0.2, 0) is 0 Å². The maximum atomic E-state index is 13.7. The van der Waals surface area contributed by atoms with Crippen molar-refractivity contribution in [3.05, 3.63) is 56.8 Å². The quantitative estimate of drug-likeness (QED) is 0.674. The van der Waals surface area contributed by atoms with E-state index in [0.29, 0.717) is 11.1 Å². The number of halogens is 3. The second kappa shape index (κ2) is 4.86. The summed E-state index contributed by atoms with van der Waals surface area (Å²) in [7, 11) is 0. The lowest BCUT2D eigenvalue weighted by Gasteiger charge is -2.12. The zero-order valence-electron chi connectivity index (χ0n) is 9.43. The number of alkyl halides is 1. The van der Waals surface area contributed by atoms with Crippen LogP contribution in [-0.4, -0.2) is 0 Å². The van der Waals surface area contributed by atoms with Crippen molar-refractivity contribution in [2.75, 3.05) is 0 Å². The summed E-state index contributed by atoms with van der Waals surface area (Å²) in [4.78, 5) is -0.229. The molecule has 1 aromatic carbocycles. The summed E-state index contributed by atoms with van der Waals surface area (Å²) in [6.45, 7) is 3.62. The number of rotatable bonds is 2. The molecule has 0 N–H and O–H groups in total. The average molecular weight is 317 g/mol. The van der Waals surface area contributed by atoms with E-state index in [1.165, 1.54) is 0 Å². The van der Waals surface area contributed by atoms with Crippen molar-refractivity contribution in [2.45, 2.75) is 18.7 Å². The van der Waals surface area contributed by atoms with Gasteiger partial charge in [-0.15, -0.1) is 0 Å². The van der Waals surface area contributed by atoms with E-state index in [9.17, 15) is 8.78 Å². The van der Waals surface area contributed by atoms with E-state index in [2.05, 4.69) is 15.9 Å². The van der Waals surface area contributed by atoms with Gasteiger partial charge in [0.2, 0.25) is 0 Å². The Balaban J connectivity index is 2.48. The van der Waals surface area contributed by atoms with E-state index in [-0.39, 0.29) is 4.83 Å². The normalized spacial score (nSPS) is 12.8. The minimum Gasteiger partial charge on any atom is -0.207 e. The van der Waals surface area contributed by atoms with Gasteiger partial charge in [0, 0.05) is 11.6 Å². The Bertz CT molecular complexity index is 548. The van der Waals surface area contributed by atoms with Crippen LogP contribution in [0.3, 0.4) is 0 Å². The van der Waals surface area contributed by atoms with Gasteiger partial charge in [-0.25, -0.2) is 8.78 Å². The van der Waals surface area contributed by atoms with Gasteiger partial charge < -0.3 is 0 Å². The van der Waals surface area contributed by atoms with Gasteiger partial charge in [0.1, 0.15) is 11.6 Å². The Hall–Kier alpha value is -0.740. The standard InChI is InChI=1S/C13H11BrF2S/c1-7-3-9(12(16)4-11(7)15)13(14)10-6-17-5-8(10)2/h3-6,13H,1-2H3. The largest absolute Gasteiger partial charge is 0.207 e. The van der Waals surface area contributed by atoms with E-state index in [0.717, 1.165) is 17.2 Å². The Morgan fingerprint density at radius 3 is 2.29 bits per heavy atom. The molecule has 4 heteroatoms. The highest BCUT2D eigenvalue weighted by Gasteiger charge is 2.18. The van der Waals surface area contributed by atoms with Gasteiger partial charge in [0.25, 0.3) is 0 Å². The average Bonchev–Trinajstić information content (AvgIpc) is 2.69. The topological polar surface area (TPSA) is 0 Å². The Morgan fingerprint density at radius 1 is 1.00 bits per heavy atom. The number of hydrogen-bond donors (Lipinski definition) is 0. The summed E-state index contributed by atoms with van der Waals surface area (Å²) >= 11 is 5.05. The van der Waals surface area contributed by atoms with Crippen LogP contribution in [0.25, 0.3) is 0 Å². The van der Waals surface area contributed by atoms with Gasteiger partial charge in [-0.05, 0) is 47.4 Å². The van der Waals surface area contributed by atoms with Gasteiger partial charge in [0.05, 0.1) is 4.83 Å². The first kappa shape index (κ1) is 12.7. The van der Waals surface area contributed by atoms with Crippen molar-refractivity contribution in [1.29, 1.82) is 0 Å². The highest BCUT2D eigenvalue weighted by Crippen LogP contribution is 2.36. The monoisotopic (exact) mass is 316 g/mol. The number of hydrogen-bond acceptors (Lipinski definition) is 1. The Labute approximate surface area is 111 Å². The first-order valence-corrected chi connectivity index (χ1v) is 6.99. The summed E-state index contributed by atoms with van der Waals surface area (Å²) in [6, 6.07) is 2.50. The molecule has 17 heavy (non-hydrogen) atoms. The first-order valence-electron chi connectivity index (χ1n) is 5.13. The van der Waals surface area contributed by atoms with E-state index in [1.807, 2.05) is 17.7 Å². The molecule has 0 spiro atoms. The van der Waals surface area contributed by atoms with Gasteiger partial charge in [-0.3, -0.25) is 0 Å². The maximum Gasteiger partial charge on any atom is 0.130 e. The number of thiophene rings is 1. The molecule has 1 aromatic heterocycles. The fraction of sp³-hybridized carbons (Fsp3) is 0.231. The summed E-state index contributed by atoms with van der Waals surface area (Å²) in [5.41, 5.74) is 3.07. The third kappa shape index (κ3) is 2.43. The SMILES string of the molecule is Cc1cc(C(Br)c2cscc2C)c(F)cc1F. The van der Waals surface area contributed by atoms with Gasteiger partial charge in [-0.1, -0.05) is 15.9 Å². The van der Waals surface area contributed by atoms with E-state index < -0.39 is 11.6 Å². The van der Waals surface area contributed by atoms with Gasteiger partial charge in [-0.2, -0.15) is 11.3 Å². The summed E-state index contributed by atoms with van der Waals surface area (Å²) in [5, 5.41) is 3.99. The summed E-state index contributed by atoms with van der Waals surface area (Å²) in [6.07, 6.45) is 0. The molecule has 2 aromatic rings. The first-order chi connectivity index (χ1) is 8.00. The molecule has 1 unspecified atom stereocenters. The molecule has 0 fully saturated rings. The van der Waals surface area contributed by atoms with Crippen molar-refractivity contribution in [2.24, 2.45) is 0 Å².